The van der Waals surface area contributed by atoms with Crippen molar-refractivity contribution in [2.24, 2.45) is 7.05 Å². The van der Waals surface area contributed by atoms with Gasteiger partial charge in [-0.05, 0) is 18.1 Å². The zero-order chi connectivity index (χ0) is 23.8. The van der Waals surface area contributed by atoms with Crippen LogP contribution in [0.15, 0.2) is 51.9 Å². The van der Waals surface area contributed by atoms with Gasteiger partial charge in [-0.15, -0.1) is 0 Å². The molecule has 9 heteroatoms. The molecular formula is C25H26N4O5. The number of aromatic nitrogens is 3. The van der Waals surface area contributed by atoms with Gasteiger partial charge < -0.3 is 24.1 Å². The Kier molecular flexibility index (Phi) is 5.70. The van der Waals surface area contributed by atoms with E-state index in [1.54, 1.807) is 29.0 Å². The number of amides is 1. The lowest BCUT2D eigenvalue weighted by atomic mass is 9.93. The summed E-state index contributed by atoms with van der Waals surface area (Å²) in [5.41, 5.74) is 3.45. The lowest BCUT2D eigenvalue weighted by molar-refractivity contribution is -0.132. The Morgan fingerprint density at radius 1 is 1.35 bits per heavy atom. The zero-order valence-electron chi connectivity index (χ0n) is 19.1. The normalized spacial score (nSPS) is 14.4. The zero-order valence-corrected chi connectivity index (χ0v) is 19.1. The van der Waals surface area contributed by atoms with E-state index < -0.39 is 17.1 Å². The Hall–Kier alpha value is -3.85. The molecule has 0 saturated heterocycles. The van der Waals surface area contributed by atoms with Gasteiger partial charge in [0, 0.05) is 61.5 Å². The fourth-order valence-electron chi connectivity index (χ4n) is 4.70. The number of carbonyl (C=O) groups excluding carboxylic acids is 1. The van der Waals surface area contributed by atoms with Crippen LogP contribution in [0.25, 0.3) is 10.9 Å². The first-order valence-corrected chi connectivity index (χ1v) is 11.1. The number of ether oxygens (including phenoxy) is 1. The molecule has 0 spiro atoms. The third-order valence-corrected chi connectivity index (χ3v) is 6.34. The van der Waals surface area contributed by atoms with Gasteiger partial charge in [0.25, 0.3) is 0 Å². The minimum atomic E-state index is -0.671. The fourth-order valence-corrected chi connectivity index (χ4v) is 4.70. The second-order valence-corrected chi connectivity index (χ2v) is 8.62. The average molecular weight is 463 g/mol. The van der Waals surface area contributed by atoms with Crippen LogP contribution in [-0.4, -0.2) is 44.3 Å². The number of hydrogen-bond donors (Lipinski definition) is 2. The van der Waals surface area contributed by atoms with Crippen molar-refractivity contribution in [2.45, 2.75) is 31.9 Å². The van der Waals surface area contributed by atoms with E-state index in [4.69, 9.17) is 9.15 Å². The van der Waals surface area contributed by atoms with Crippen LogP contribution in [0.3, 0.4) is 0 Å². The largest absolute Gasteiger partial charge is 0.502 e. The number of H-pyrrole nitrogens is 1. The Balaban J connectivity index is 1.46. The highest BCUT2D eigenvalue weighted by Gasteiger charge is 2.31. The molecule has 1 aliphatic rings. The number of para-hydroxylation sites is 1. The number of aromatic amines is 1. The van der Waals surface area contributed by atoms with Gasteiger partial charge in [-0.25, -0.2) is 0 Å². The van der Waals surface area contributed by atoms with Gasteiger partial charge in [-0.1, -0.05) is 18.2 Å². The molecule has 0 fully saturated rings. The molecule has 2 N–H and O–H groups in total. The fraction of sp³-hybridized carbons (Fsp3) is 0.320. The van der Waals surface area contributed by atoms with E-state index >= 15 is 0 Å². The predicted octanol–water partition coefficient (Wildman–Crippen LogP) is 2.81. The number of methoxy groups -OCH3 is 1. The molecule has 1 aromatic carbocycles. The molecule has 0 saturated carbocycles. The van der Waals surface area contributed by atoms with Crippen LogP contribution in [0, 0.1) is 0 Å². The highest BCUT2D eigenvalue weighted by atomic mass is 16.5. The summed E-state index contributed by atoms with van der Waals surface area (Å²) in [5, 5.41) is 16.0. The molecule has 9 nitrogen and oxygen atoms in total. The maximum Gasteiger partial charge on any atom is 0.227 e. The van der Waals surface area contributed by atoms with E-state index in [-0.39, 0.29) is 30.5 Å². The molecule has 34 heavy (non-hydrogen) atoms. The highest BCUT2D eigenvalue weighted by Crippen LogP contribution is 2.34. The molecule has 0 bridgehead atoms. The van der Waals surface area contributed by atoms with Crippen LogP contribution in [0.5, 0.6) is 5.75 Å². The van der Waals surface area contributed by atoms with Crippen LogP contribution in [0.2, 0.25) is 0 Å². The number of nitrogens with zero attached hydrogens (tertiary/aromatic N) is 3. The van der Waals surface area contributed by atoms with Crippen molar-refractivity contribution < 1.29 is 19.1 Å². The topological polar surface area (TPSA) is 114 Å². The van der Waals surface area contributed by atoms with Gasteiger partial charge in [-0.2, -0.15) is 5.10 Å². The minimum Gasteiger partial charge on any atom is -0.502 e. The summed E-state index contributed by atoms with van der Waals surface area (Å²) in [4.78, 5) is 31.1. The molecule has 3 aromatic heterocycles. The number of carbonyl (C=O) groups is 1. The van der Waals surface area contributed by atoms with Crippen LogP contribution >= 0.6 is 0 Å². The number of fused-ring (bicyclic) bond motifs is 3. The van der Waals surface area contributed by atoms with Crippen LogP contribution in [0.1, 0.15) is 40.7 Å². The molecule has 4 aromatic rings. The summed E-state index contributed by atoms with van der Waals surface area (Å²) in [5.74, 6) is -0.947. The molecule has 1 aliphatic heterocycles. The summed E-state index contributed by atoms with van der Waals surface area (Å²) >= 11 is 0. The maximum absolute atomic E-state index is 13.5. The monoisotopic (exact) mass is 462 g/mol. The van der Waals surface area contributed by atoms with E-state index in [1.807, 2.05) is 18.2 Å². The van der Waals surface area contributed by atoms with Crippen molar-refractivity contribution >= 4 is 16.8 Å². The number of nitrogens with one attached hydrogen (secondary N) is 1. The van der Waals surface area contributed by atoms with E-state index in [2.05, 4.69) is 16.1 Å². The first-order valence-electron chi connectivity index (χ1n) is 11.1. The molecule has 0 aliphatic carbocycles. The van der Waals surface area contributed by atoms with E-state index in [0.717, 1.165) is 17.6 Å². The molecule has 1 atom stereocenters. The quantitative estimate of drug-likeness (QED) is 0.456. The predicted molar refractivity (Wildman–Crippen MR) is 124 cm³/mol. The van der Waals surface area contributed by atoms with Crippen LogP contribution in [-0.2, 0) is 36.2 Å². The van der Waals surface area contributed by atoms with Gasteiger partial charge >= 0.3 is 0 Å². The number of benzene rings is 1. The number of aromatic hydroxyl groups is 1. The Bertz CT molecular complexity index is 1420. The van der Waals surface area contributed by atoms with Gasteiger partial charge in [-0.3, -0.25) is 14.3 Å². The Labute approximate surface area is 195 Å². The first-order chi connectivity index (χ1) is 16.4. The van der Waals surface area contributed by atoms with E-state index in [1.165, 1.54) is 24.1 Å². The Morgan fingerprint density at radius 3 is 2.94 bits per heavy atom. The second kappa shape index (κ2) is 8.83. The van der Waals surface area contributed by atoms with Crippen LogP contribution in [0.4, 0.5) is 0 Å². The molecule has 0 radical (unpaired) electrons. The molecule has 5 rings (SSSR count). The molecule has 176 valence electrons. The SMILES string of the molecule is COCc1cc(=O)c(O)c([C@H](CC(=O)N2CCc3c([nH]c4ccccc34)C2)c2cnn(C)c2)o1. The molecule has 4 heterocycles. The summed E-state index contributed by atoms with van der Waals surface area (Å²) in [6, 6.07) is 9.34. The summed E-state index contributed by atoms with van der Waals surface area (Å²) in [6.45, 7) is 1.14. The highest BCUT2D eigenvalue weighted by molar-refractivity contribution is 5.86. The third-order valence-electron chi connectivity index (χ3n) is 6.34. The standard InChI is InChI=1S/C25H26N4O5/c1-28-12-15(11-26-28)19(25-24(32)22(30)9-16(34-25)14-33-2)10-23(31)29-8-7-18-17-5-3-4-6-20(17)27-21(18)13-29/h3-6,9,11-12,19,27,32H,7-8,10,13-14H2,1-2H3/t19-/m1/s1. The number of aryl methyl sites for hydroxylation is 1. The van der Waals surface area contributed by atoms with Gasteiger partial charge in [0.15, 0.2) is 5.76 Å². The summed E-state index contributed by atoms with van der Waals surface area (Å²) < 4.78 is 12.6. The summed E-state index contributed by atoms with van der Waals surface area (Å²) in [7, 11) is 3.26. The van der Waals surface area contributed by atoms with Gasteiger partial charge in [0.2, 0.25) is 17.1 Å². The lowest BCUT2D eigenvalue weighted by Crippen LogP contribution is -2.36. The smallest absolute Gasteiger partial charge is 0.227 e. The maximum atomic E-state index is 13.5. The second-order valence-electron chi connectivity index (χ2n) is 8.62. The molecule has 0 unspecified atom stereocenters. The van der Waals surface area contributed by atoms with Crippen LogP contribution < -0.4 is 5.43 Å². The lowest BCUT2D eigenvalue weighted by Gasteiger charge is -2.28. The van der Waals surface area contributed by atoms with Crippen molar-refractivity contribution in [2.75, 3.05) is 13.7 Å². The van der Waals surface area contributed by atoms with E-state index in [0.29, 0.717) is 18.7 Å². The first kappa shape index (κ1) is 22.0. The van der Waals surface area contributed by atoms with Crippen molar-refractivity contribution in [1.82, 2.24) is 19.7 Å². The third kappa shape index (κ3) is 3.99. The van der Waals surface area contributed by atoms with Gasteiger partial charge in [0.05, 0.1) is 18.7 Å². The van der Waals surface area contributed by atoms with E-state index in [9.17, 15) is 14.7 Å². The summed E-state index contributed by atoms with van der Waals surface area (Å²) in [6.07, 6.45) is 4.15. The van der Waals surface area contributed by atoms with Crippen molar-refractivity contribution in [3.8, 4) is 5.75 Å². The molecular weight excluding hydrogens is 436 g/mol. The van der Waals surface area contributed by atoms with Crippen molar-refractivity contribution in [3.63, 3.8) is 0 Å². The Morgan fingerprint density at radius 2 is 2.18 bits per heavy atom. The van der Waals surface area contributed by atoms with Crippen molar-refractivity contribution in [1.29, 1.82) is 0 Å². The van der Waals surface area contributed by atoms with Crippen molar-refractivity contribution in [3.05, 3.63) is 81.3 Å². The van der Waals surface area contributed by atoms with Gasteiger partial charge in [0.1, 0.15) is 12.4 Å². The minimum absolute atomic E-state index is 0.0220. The number of rotatable bonds is 6. The molecule has 1 amide bonds. The average Bonchev–Trinajstić information content (AvgIpc) is 3.42. The number of hydrogen-bond acceptors (Lipinski definition) is 6.